The summed E-state index contributed by atoms with van der Waals surface area (Å²) in [5.74, 6) is 0.164. The molecule has 0 aliphatic carbocycles. The van der Waals surface area contributed by atoms with Crippen LogP contribution in [0.25, 0.3) is 6.08 Å². The van der Waals surface area contributed by atoms with E-state index in [1.807, 2.05) is 26.8 Å². The van der Waals surface area contributed by atoms with Crippen LogP contribution in [-0.2, 0) is 9.53 Å². The maximum absolute atomic E-state index is 11.8. The predicted octanol–water partition coefficient (Wildman–Crippen LogP) is 3.72. The van der Waals surface area contributed by atoms with Gasteiger partial charge in [-0.15, -0.1) is 0 Å². The highest BCUT2D eigenvalue weighted by Gasteiger charge is 2.13. The highest BCUT2D eigenvalue weighted by molar-refractivity contribution is 5.97. The Kier molecular flexibility index (Phi) is 6.48. The van der Waals surface area contributed by atoms with E-state index in [1.54, 1.807) is 31.2 Å². The normalized spacial score (nSPS) is 12.7. The molecule has 0 N–H and O–H groups in total. The van der Waals surface area contributed by atoms with Crippen molar-refractivity contribution < 1.29 is 14.3 Å². The molecule has 4 nitrogen and oxygen atoms in total. The van der Waals surface area contributed by atoms with Crippen molar-refractivity contribution >= 4 is 12.0 Å². The molecule has 0 bridgehead atoms. The summed E-state index contributed by atoms with van der Waals surface area (Å²) in [6, 6.07) is 9.09. The minimum Gasteiger partial charge on any atom is -0.491 e. The molecule has 0 amide bonds. The summed E-state index contributed by atoms with van der Waals surface area (Å²) in [6.07, 6.45) is 2.14. The second-order valence-electron chi connectivity index (χ2n) is 5.03. The minimum atomic E-state index is -0.589. The average molecular weight is 287 g/mol. The van der Waals surface area contributed by atoms with Gasteiger partial charge in [0.05, 0.1) is 12.2 Å². The standard InChI is InChI=1S/C17H21NO3/c1-5-13(4)21-17(19)15(11-18)10-14-6-8-16(9-7-14)20-12(2)3/h6-10,12-13H,5H2,1-4H3/b15-10+. The largest absolute Gasteiger partial charge is 0.491 e. The highest BCUT2D eigenvalue weighted by Crippen LogP contribution is 2.16. The van der Waals surface area contributed by atoms with Crippen LogP contribution in [0.5, 0.6) is 5.75 Å². The summed E-state index contributed by atoms with van der Waals surface area (Å²) in [7, 11) is 0. The molecule has 0 aromatic heterocycles. The van der Waals surface area contributed by atoms with Gasteiger partial charge in [-0.25, -0.2) is 4.79 Å². The van der Waals surface area contributed by atoms with Crippen molar-refractivity contribution in [1.29, 1.82) is 5.26 Å². The third-order valence-corrected chi connectivity index (χ3v) is 2.79. The summed E-state index contributed by atoms with van der Waals surface area (Å²) in [4.78, 5) is 11.8. The number of nitrogens with zero attached hydrogens (tertiary/aromatic N) is 1. The van der Waals surface area contributed by atoms with Crippen LogP contribution < -0.4 is 4.74 Å². The molecule has 4 heteroatoms. The van der Waals surface area contributed by atoms with Gasteiger partial charge >= 0.3 is 5.97 Å². The summed E-state index contributed by atoms with van der Waals surface area (Å²) >= 11 is 0. The fraction of sp³-hybridized carbons (Fsp3) is 0.412. The molecule has 0 saturated heterocycles. The van der Waals surface area contributed by atoms with Crippen LogP contribution >= 0.6 is 0 Å². The fourth-order valence-corrected chi connectivity index (χ4v) is 1.55. The number of carbonyl (C=O) groups excluding carboxylic acids is 1. The first-order valence-electron chi connectivity index (χ1n) is 7.05. The fourth-order valence-electron chi connectivity index (χ4n) is 1.55. The van der Waals surface area contributed by atoms with Gasteiger partial charge in [0.1, 0.15) is 17.4 Å². The lowest BCUT2D eigenvalue weighted by molar-refractivity contribution is -0.142. The lowest BCUT2D eigenvalue weighted by atomic mass is 10.1. The van der Waals surface area contributed by atoms with Gasteiger partial charge < -0.3 is 9.47 Å². The van der Waals surface area contributed by atoms with E-state index in [0.29, 0.717) is 6.42 Å². The number of nitriles is 1. The molecular weight excluding hydrogens is 266 g/mol. The van der Waals surface area contributed by atoms with Crippen molar-refractivity contribution in [2.24, 2.45) is 0 Å². The number of ether oxygens (including phenoxy) is 2. The van der Waals surface area contributed by atoms with Gasteiger partial charge in [-0.3, -0.25) is 0 Å². The quantitative estimate of drug-likeness (QED) is 0.454. The van der Waals surface area contributed by atoms with E-state index < -0.39 is 5.97 Å². The summed E-state index contributed by atoms with van der Waals surface area (Å²) in [5, 5.41) is 9.07. The topological polar surface area (TPSA) is 59.3 Å². The number of esters is 1. The Bertz CT molecular complexity index is 538. The van der Waals surface area contributed by atoms with Gasteiger partial charge in [-0.1, -0.05) is 19.1 Å². The molecule has 1 atom stereocenters. The average Bonchev–Trinajstić information content (AvgIpc) is 2.45. The van der Waals surface area contributed by atoms with E-state index in [4.69, 9.17) is 14.7 Å². The second kappa shape index (κ2) is 8.11. The van der Waals surface area contributed by atoms with Crippen molar-refractivity contribution in [3.8, 4) is 11.8 Å². The monoisotopic (exact) mass is 287 g/mol. The Hall–Kier alpha value is -2.28. The first-order chi connectivity index (χ1) is 9.96. The third-order valence-electron chi connectivity index (χ3n) is 2.79. The predicted molar refractivity (Wildman–Crippen MR) is 81.6 cm³/mol. The second-order valence-corrected chi connectivity index (χ2v) is 5.03. The van der Waals surface area contributed by atoms with Gasteiger partial charge in [0.25, 0.3) is 0 Å². The molecule has 1 unspecified atom stereocenters. The van der Waals surface area contributed by atoms with E-state index in [-0.39, 0.29) is 17.8 Å². The minimum absolute atomic E-state index is 0.00664. The van der Waals surface area contributed by atoms with Crippen LogP contribution in [0.3, 0.4) is 0 Å². The summed E-state index contributed by atoms with van der Waals surface area (Å²) < 4.78 is 10.7. The lowest BCUT2D eigenvalue weighted by Crippen LogP contribution is -2.15. The van der Waals surface area contributed by atoms with Crippen LogP contribution in [-0.4, -0.2) is 18.2 Å². The Balaban J connectivity index is 2.83. The Morgan fingerprint density at radius 3 is 2.38 bits per heavy atom. The Morgan fingerprint density at radius 2 is 1.90 bits per heavy atom. The third kappa shape index (κ3) is 5.70. The summed E-state index contributed by atoms with van der Waals surface area (Å²) in [5.41, 5.74) is 0.747. The first-order valence-corrected chi connectivity index (χ1v) is 7.05. The van der Waals surface area contributed by atoms with E-state index in [0.717, 1.165) is 11.3 Å². The molecule has 0 saturated carbocycles. The molecular formula is C17H21NO3. The van der Waals surface area contributed by atoms with Gasteiger partial charge in [0, 0.05) is 0 Å². The van der Waals surface area contributed by atoms with Crippen LogP contribution in [0, 0.1) is 11.3 Å². The number of hydrogen-bond donors (Lipinski definition) is 0. The molecule has 0 spiro atoms. The van der Waals surface area contributed by atoms with Gasteiger partial charge in [0.2, 0.25) is 0 Å². The summed E-state index contributed by atoms with van der Waals surface area (Å²) in [6.45, 7) is 7.62. The highest BCUT2D eigenvalue weighted by atomic mass is 16.5. The van der Waals surface area contributed by atoms with Crippen molar-refractivity contribution in [2.75, 3.05) is 0 Å². The van der Waals surface area contributed by atoms with E-state index >= 15 is 0 Å². The maximum atomic E-state index is 11.8. The zero-order valence-corrected chi connectivity index (χ0v) is 12.9. The van der Waals surface area contributed by atoms with Gasteiger partial charge in [-0.05, 0) is 51.0 Å². The van der Waals surface area contributed by atoms with Crippen LogP contribution in [0.2, 0.25) is 0 Å². The molecule has 0 aliphatic heterocycles. The van der Waals surface area contributed by atoms with Crippen molar-refractivity contribution in [3.05, 3.63) is 35.4 Å². The van der Waals surface area contributed by atoms with Crippen LogP contribution in [0.15, 0.2) is 29.8 Å². The lowest BCUT2D eigenvalue weighted by Gasteiger charge is -2.10. The Labute approximate surface area is 126 Å². The smallest absolute Gasteiger partial charge is 0.349 e. The van der Waals surface area contributed by atoms with E-state index in [2.05, 4.69) is 0 Å². The number of carbonyl (C=O) groups is 1. The van der Waals surface area contributed by atoms with Crippen LogP contribution in [0.1, 0.15) is 39.7 Å². The molecule has 0 fully saturated rings. The maximum Gasteiger partial charge on any atom is 0.349 e. The van der Waals surface area contributed by atoms with Crippen LogP contribution in [0.4, 0.5) is 0 Å². The first kappa shape index (κ1) is 16.8. The number of hydrogen-bond acceptors (Lipinski definition) is 4. The van der Waals surface area contributed by atoms with Crippen molar-refractivity contribution in [3.63, 3.8) is 0 Å². The number of rotatable bonds is 6. The molecule has 1 rings (SSSR count). The molecule has 1 aromatic rings. The van der Waals surface area contributed by atoms with Crippen molar-refractivity contribution in [2.45, 2.75) is 46.3 Å². The van der Waals surface area contributed by atoms with E-state index in [1.165, 1.54) is 6.08 Å². The molecule has 1 aromatic carbocycles. The number of benzene rings is 1. The molecule has 0 radical (unpaired) electrons. The van der Waals surface area contributed by atoms with Crippen molar-refractivity contribution in [1.82, 2.24) is 0 Å². The SMILES string of the molecule is CCC(C)OC(=O)/C(C#N)=C/c1ccc(OC(C)C)cc1. The van der Waals surface area contributed by atoms with Gasteiger partial charge in [0.15, 0.2) is 0 Å². The zero-order chi connectivity index (χ0) is 15.8. The molecule has 21 heavy (non-hydrogen) atoms. The van der Waals surface area contributed by atoms with Gasteiger partial charge in [-0.2, -0.15) is 5.26 Å². The molecule has 0 aliphatic rings. The molecule has 0 heterocycles. The zero-order valence-electron chi connectivity index (χ0n) is 12.9. The Morgan fingerprint density at radius 1 is 1.29 bits per heavy atom. The molecule has 112 valence electrons. The van der Waals surface area contributed by atoms with E-state index in [9.17, 15) is 4.79 Å².